The Morgan fingerprint density at radius 1 is 1.10 bits per heavy atom. The third kappa shape index (κ3) is 5.62. The number of thiophene rings is 1. The lowest BCUT2D eigenvalue weighted by molar-refractivity contribution is 0.0983. The Bertz CT molecular complexity index is 554. The van der Waals surface area contributed by atoms with E-state index in [0.29, 0.717) is 6.42 Å². The maximum absolute atomic E-state index is 11.8. The summed E-state index contributed by atoms with van der Waals surface area (Å²) in [7, 11) is 0. The van der Waals surface area contributed by atoms with Crippen molar-refractivity contribution in [2.24, 2.45) is 0 Å². The first-order valence-electron chi connectivity index (χ1n) is 7.28. The summed E-state index contributed by atoms with van der Waals surface area (Å²) < 4.78 is 0. The second-order valence-corrected chi connectivity index (χ2v) is 6.30. The summed E-state index contributed by atoms with van der Waals surface area (Å²) in [6, 6.07) is 11.8. The maximum Gasteiger partial charge on any atom is 0.172 e. The van der Waals surface area contributed by atoms with E-state index >= 15 is 0 Å². The molecule has 2 rings (SSSR count). The van der Waals surface area contributed by atoms with Gasteiger partial charge in [0.25, 0.3) is 0 Å². The average molecular weight is 322 g/mol. The summed E-state index contributed by atoms with van der Waals surface area (Å²) in [6.07, 6.45) is 3.55. The van der Waals surface area contributed by atoms with Crippen LogP contribution in [0.25, 0.3) is 0 Å². The van der Waals surface area contributed by atoms with E-state index in [1.165, 1.54) is 16.9 Å². The zero-order valence-electron chi connectivity index (χ0n) is 12.0. The molecule has 2 aromatic rings. The lowest BCUT2D eigenvalue weighted by Gasteiger charge is -2.06. The molecule has 2 nitrogen and oxygen atoms in total. The van der Waals surface area contributed by atoms with Crippen molar-refractivity contribution in [1.82, 2.24) is 5.32 Å². The van der Waals surface area contributed by atoms with Crippen LogP contribution in [0.5, 0.6) is 0 Å². The van der Waals surface area contributed by atoms with Gasteiger partial charge in [0.05, 0.1) is 4.88 Å². The number of halogens is 1. The number of carbonyl (C=O) groups excluding carboxylic acids is 1. The van der Waals surface area contributed by atoms with Gasteiger partial charge in [0.2, 0.25) is 0 Å². The van der Waals surface area contributed by atoms with Crippen LogP contribution >= 0.6 is 22.9 Å². The fraction of sp³-hybridized carbons (Fsp3) is 0.353. The van der Waals surface area contributed by atoms with Crippen LogP contribution in [-0.2, 0) is 6.42 Å². The molecule has 0 spiro atoms. The van der Waals surface area contributed by atoms with Crippen molar-refractivity contribution in [3.05, 3.63) is 57.2 Å². The van der Waals surface area contributed by atoms with Crippen LogP contribution in [0.15, 0.2) is 41.8 Å². The number of hydrogen-bond acceptors (Lipinski definition) is 3. The van der Waals surface area contributed by atoms with Crippen molar-refractivity contribution in [3.63, 3.8) is 0 Å². The van der Waals surface area contributed by atoms with Gasteiger partial charge in [-0.3, -0.25) is 4.79 Å². The van der Waals surface area contributed by atoms with E-state index in [0.717, 1.165) is 42.3 Å². The van der Waals surface area contributed by atoms with Gasteiger partial charge in [-0.25, -0.2) is 0 Å². The van der Waals surface area contributed by atoms with Crippen LogP contribution in [0.3, 0.4) is 0 Å². The first-order chi connectivity index (χ1) is 10.3. The van der Waals surface area contributed by atoms with E-state index in [4.69, 9.17) is 11.6 Å². The Kier molecular flexibility index (Phi) is 6.93. The number of ketones is 1. The van der Waals surface area contributed by atoms with Crippen molar-refractivity contribution in [2.45, 2.75) is 25.7 Å². The van der Waals surface area contributed by atoms with E-state index in [1.807, 2.05) is 35.7 Å². The molecule has 1 N–H and O–H groups in total. The molecule has 0 aliphatic heterocycles. The molecular formula is C17H20ClNOS. The summed E-state index contributed by atoms with van der Waals surface area (Å²) >= 11 is 7.63. The monoisotopic (exact) mass is 321 g/mol. The van der Waals surface area contributed by atoms with E-state index in [-0.39, 0.29) is 5.78 Å². The van der Waals surface area contributed by atoms with Gasteiger partial charge in [0.15, 0.2) is 5.78 Å². The maximum atomic E-state index is 11.8. The van der Waals surface area contributed by atoms with Gasteiger partial charge < -0.3 is 5.32 Å². The standard InChI is InChI=1S/C17H20ClNOS/c18-15-7-2-1-6-14(15)10-12-19-11-4-3-8-16(20)17-9-5-13-21-17/h1-2,5-7,9,13,19H,3-4,8,10-12H2. The molecule has 0 bridgehead atoms. The smallest absolute Gasteiger partial charge is 0.172 e. The highest BCUT2D eigenvalue weighted by molar-refractivity contribution is 7.12. The van der Waals surface area contributed by atoms with Gasteiger partial charge in [-0.05, 0) is 55.4 Å². The number of Topliss-reactive ketones (excluding diaryl/α,β-unsaturated/α-hetero) is 1. The Hall–Kier alpha value is -1.16. The summed E-state index contributed by atoms with van der Waals surface area (Å²) in [5, 5.41) is 6.18. The van der Waals surface area contributed by atoms with Gasteiger partial charge in [0, 0.05) is 11.4 Å². The molecule has 4 heteroatoms. The Labute approximate surface area is 135 Å². The van der Waals surface area contributed by atoms with E-state index in [1.54, 1.807) is 0 Å². The van der Waals surface area contributed by atoms with Gasteiger partial charge in [-0.1, -0.05) is 35.9 Å². The lowest BCUT2D eigenvalue weighted by Crippen LogP contribution is -2.18. The third-order valence-electron chi connectivity index (χ3n) is 3.33. The molecule has 0 saturated carbocycles. The van der Waals surface area contributed by atoms with Crippen LogP contribution in [0.1, 0.15) is 34.5 Å². The Morgan fingerprint density at radius 2 is 1.95 bits per heavy atom. The minimum absolute atomic E-state index is 0.265. The average Bonchev–Trinajstić information content (AvgIpc) is 3.02. The summed E-state index contributed by atoms with van der Waals surface area (Å²) in [5.41, 5.74) is 1.18. The highest BCUT2D eigenvalue weighted by atomic mass is 35.5. The largest absolute Gasteiger partial charge is 0.316 e. The van der Waals surface area contributed by atoms with E-state index in [2.05, 4.69) is 11.4 Å². The molecule has 21 heavy (non-hydrogen) atoms. The van der Waals surface area contributed by atoms with Crippen molar-refractivity contribution in [2.75, 3.05) is 13.1 Å². The SMILES string of the molecule is O=C(CCCCNCCc1ccccc1Cl)c1cccs1. The summed E-state index contributed by atoms with van der Waals surface area (Å²) in [6.45, 7) is 1.87. The quantitative estimate of drug-likeness (QED) is 0.541. The van der Waals surface area contributed by atoms with Crippen LogP contribution < -0.4 is 5.32 Å². The highest BCUT2D eigenvalue weighted by Gasteiger charge is 2.05. The fourth-order valence-corrected chi connectivity index (χ4v) is 3.07. The molecule has 112 valence electrons. The number of benzene rings is 1. The number of carbonyl (C=O) groups is 1. The molecule has 0 fully saturated rings. The minimum atomic E-state index is 0.265. The van der Waals surface area contributed by atoms with Gasteiger partial charge in [-0.15, -0.1) is 11.3 Å². The Morgan fingerprint density at radius 3 is 2.71 bits per heavy atom. The summed E-state index contributed by atoms with van der Waals surface area (Å²) in [4.78, 5) is 12.7. The second-order valence-electron chi connectivity index (χ2n) is 4.95. The molecule has 0 aliphatic rings. The van der Waals surface area contributed by atoms with E-state index < -0.39 is 0 Å². The van der Waals surface area contributed by atoms with Gasteiger partial charge in [0.1, 0.15) is 0 Å². The van der Waals surface area contributed by atoms with Crippen LogP contribution in [0.2, 0.25) is 5.02 Å². The molecular weight excluding hydrogens is 302 g/mol. The molecule has 0 radical (unpaired) electrons. The molecule has 0 amide bonds. The Balaban J connectivity index is 1.53. The predicted molar refractivity (Wildman–Crippen MR) is 90.5 cm³/mol. The summed E-state index contributed by atoms with van der Waals surface area (Å²) in [5.74, 6) is 0.265. The number of rotatable bonds is 9. The van der Waals surface area contributed by atoms with Crippen LogP contribution in [0, 0.1) is 0 Å². The van der Waals surface area contributed by atoms with Crippen LogP contribution in [0.4, 0.5) is 0 Å². The zero-order chi connectivity index (χ0) is 14.9. The van der Waals surface area contributed by atoms with Crippen molar-refractivity contribution in [1.29, 1.82) is 0 Å². The fourth-order valence-electron chi connectivity index (χ4n) is 2.15. The minimum Gasteiger partial charge on any atom is -0.316 e. The molecule has 0 atom stereocenters. The zero-order valence-corrected chi connectivity index (χ0v) is 13.6. The molecule has 0 saturated heterocycles. The van der Waals surface area contributed by atoms with Gasteiger partial charge >= 0.3 is 0 Å². The topological polar surface area (TPSA) is 29.1 Å². The first kappa shape index (κ1) is 16.2. The number of nitrogens with one attached hydrogen (secondary N) is 1. The number of hydrogen-bond donors (Lipinski definition) is 1. The third-order valence-corrected chi connectivity index (χ3v) is 4.61. The highest BCUT2D eigenvalue weighted by Crippen LogP contribution is 2.15. The van der Waals surface area contributed by atoms with Crippen molar-refractivity contribution in [3.8, 4) is 0 Å². The van der Waals surface area contributed by atoms with Crippen LogP contribution in [-0.4, -0.2) is 18.9 Å². The molecule has 1 aromatic carbocycles. The predicted octanol–water partition coefficient (Wildman–Crippen LogP) is 4.59. The molecule has 0 unspecified atom stereocenters. The number of unbranched alkanes of at least 4 members (excludes halogenated alkanes) is 1. The second kappa shape index (κ2) is 8.98. The first-order valence-corrected chi connectivity index (χ1v) is 8.54. The van der Waals surface area contributed by atoms with Crippen molar-refractivity contribution >= 4 is 28.7 Å². The van der Waals surface area contributed by atoms with Gasteiger partial charge in [-0.2, -0.15) is 0 Å². The normalized spacial score (nSPS) is 10.7. The molecule has 0 aliphatic carbocycles. The molecule has 1 aromatic heterocycles. The molecule has 1 heterocycles. The lowest BCUT2D eigenvalue weighted by atomic mass is 10.1. The van der Waals surface area contributed by atoms with E-state index in [9.17, 15) is 4.79 Å². The van der Waals surface area contributed by atoms with Crippen molar-refractivity contribution < 1.29 is 4.79 Å².